The van der Waals surface area contributed by atoms with Crippen LogP contribution in [-0.4, -0.2) is 32.4 Å². The summed E-state index contributed by atoms with van der Waals surface area (Å²) in [5.74, 6) is 4.68. The zero-order chi connectivity index (χ0) is 12.1. The van der Waals surface area contributed by atoms with Crippen LogP contribution in [0.4, 0.5) is 0 Å². The van der Waals surface area contributed by atoms with E-state index in [9.17, 15) is 4.79 Å². The second kappa shape index (κ2) is 5.44. The van der Waals surface area contributed by atoms with Crippen LogP contribution in [0.2, 0.25) is 0 Å². The summed E-state index contributed by atoms with van der Waals surface area (Å²) in [6.07, 6.45) is 0.428. The van der Waals surface area contributed by atoms with Gasteiger partial charge in [-0.05, 0) is 11.8 Å². The summed E-state index contributed by atoms with van der Waals surface area (Å²) in [4.78, 5) is 16.4. The second-order valence-electron chi connectivity index (χ2n) is 4.77. The van der Waals surface area contributed by atoms with E-state index in [1.807, 2.05) is 20.8 Å². The number of hydrogen-bond donors (Lipinski definition) is 1. The number of ether oxygens (including phenoxy) is 2. The van der Waals surface area contributed by atoms with Gasteiger partial charge in [-0.3, -0.25) is 4.84 Å². The first-order valence-corrected chi connectivity index (χ1v) is 4.76. The Balaban J connectivity index is 4.89. The molecule has 1 atom stereocenters. The molecule has 2 N–H and O–H groups in total. The van der Waals surface area contributed by atoms with Crippen molar-refractivity contribution in [3.8, 4) is 0 Å². The number of esters is 1. The molecule has 5 heteroatoms. The van der Waals surface area contributed by atoms with Crippen molar-refractivity contribution >= 4 is 5.97 Å². The van der Waals surface area contributed by atoms with Crippen LogP contribution in [0.15, 0.2) is 0 Å². The van der Waals surface area contributed by atoms with Crippen molar-refractivity contribution in [2.45, 2.75) is 32.8 Å². The van der Waals surface area contributed by atoms with Crippen molar-refractivity contribution in [3.63, 3.8) is 0 Å². The van der Waals surface area contributed by atoms with E-state index in [4.69, 9.17) is 15.5 Å². The molecule has 15 heavy (non-hydrogen) atoms. The summed E-state index contributed by atoms with van der Waals surface area (Å²) in [5.41, 5.74) is -1.34. The van der Waals surface area contributed by atoms with Crippen LogP contribution in [0.5, 0.6) is 0 Å². The smallest absolute Gasteiger partial charge is 0.342 e. The fourth-order valence-electron chi connectivity index (χ4n) is 1.58. The van der Waals surface area contributed by atoms with E-state index in [-0.39, 0.29) is 12.0 Å². The number of hydrogen-bond acceptors (Lipinski definition) is 5. The van der Waals surface area contributed by atoms with Crippen LogP contribution in [-0.2, 0) is 19.1 Å². The molecule has 90 valence electrons. The Morgan fingerprint density at radius 2 is 1.80 bits per heavy atom. The monoisotopic (exact) mass is 219 g/mol. The second-order valence-corrected chi connectivity index (χ2v) is 4.77. The van der Waals surface area contributed by atoms with E-state index in [0.717, 1.165) is 0 Å². The molecule has 0 aromatic rings. The molecule has 0 aliphatic rings. The summed E-state index contributed by atoms with van der Waals surface area (Å²) in [6.45, 7) is 6.03. The minimum absolute atomic E-state index is 0.0768. The molecule has 0 saturated carbocycles. The normalized spacial score (nSPS) is 15.9. The molecule has 0 spiro atoms. The fraction of sp³-hybridized carbons (Fsp3) is 0.900. The van der Waals surface area contributed by atoms with Crippen LogP contribution in [0.25, 0.3) is 0 Å². The van der Waals surface area contributed by atoms with Crippen LogP contribution in [0, 0.1) is 5.41 Å². The van der Waals surface area contributed by atoms with Crippen molar-refractivity contribution in [3.05, 3.63) is 0 Å². The van der Waals surface area contributed by atoms with Crippen LogP contribution < -0.4 is 5.90 Å². The van der Waals surface area contributed by atoms with Gasteiger partial charge in [-0.15, -0.1) is 0 Å². The summed E-state index contributed by atoms with van der Waals surface area (Å²) in [6, 6.07) is 0. The molecule has 5 nitrogen and oxygen atoms in total. The first-order chi connectivity index (χ1) is 6.81. The minimum atomic E-state index is -1.22. The third-order valence-corrected chi connectivity index (χ3v) is 1.98. The molecule has 0 aliphatic carbocycles. The van der Waals surface area contributed by atoms with Crippen LogP contribution in [0.3, 0.4) is 0 Å². The fourth-order valence-corrected chi connectivity index (χ4v) is 1.58. The van der Waals surface area contributed by atoms with Crippen molar-refractivity contribution in [1.29, 1.82) is 0 Å². The Labute approximate surface area is 90.8 Å². The molecule has 0 heterocycles. The zero-order valence-corrected chi connectivity index (χ0v) is 10.1. The zero-order valence-electron chi connectivity index (χ0n) is 10.1. The van der Waals surface area contributed by atoms with Gasteiger partial charge in [-0.1, -0.05) is 20.8 Å². The standard InChI is InChI=1S/C10H21NO4/c1-9(2,3)6-10(15-11,7-13-4)8(12)14-5/h6-7,11H2,1-5H3. The maximum absolute atomic E-state index is 11.6. The number of methoxy groups -OCH3 is 2. The predicted molar refractivity (Wildman–Crippen MR) is 56.0 cm³/mol. The topological polar surface area (TPSA) is 70.8 Å². The first-order valence-electron chi connectivity index (χ1n) is 4.76. The molecule has 0 fully saturated rings. The lowest BCUT2D eigenvalue weighted by atomic mass is 9.82. The van der Waals surface area contributed by atoms with E-state index in [1.54, 1.807) is 0 Å². The van der Waals surface area contributed by atoms with E-state index < -0.39 is 11.6 Å². The SMILES string of the molecule is COCC(CC(C)(C)C)(ON)C(=O)OC. The average Bonchev–Trinajstić information content (AvgIpc) is 2.13. The number of carbonyl (C=O) groups is 1. The number of rotatable bonds is 5. The third-order valence-electron chi connectivity index (χ3n) is 1.98. The maximum atomic E-state index is 11.6. The average molecular weight is 219 g/mol. The van der Waals surface area contributed by atoms with Gasteiger partial charge in [0.15, 0.2) is 0 Å². The number of nitrogens with two attached hydrogens (primary N) is 1. The molecule has 0 amide bonds. The van der Waals surface area contributed by atoms with Gasteiger partial charge in [-0.25, -0.2) is 10.7 Å². The highest BCUT2D eigenvalue weighted by Crippen LogP contribution is 2.30. The first kappa shape index (κ1) is 14.3. The lowest BCUT2D eigenvalue weighted by Gasteiger charge is -2.33. The van der Waals surface area contributed by atoms with E-state index >= 15 is 0 Å². The van der Waals surface area contributed by atoms with Crippen molar-refractivity contribution in [2.75, 3.05) is 20.8 Å². The third kappa shape index (κ3) is 4.15. The van der Waals surface area contributed by atoms with E-state index in [1.165, 1.54) is 14.2 Å². The van der Waals surface area contributed by atoms with E-state index in [0.29, 0.717) is 6.42 Å². The lowest BCUT2D eigenvalue weighted by molar-refractivity contribution is -0.183. The molecule has 1 unspecified atom stereocenters. The van der Waals surface area contributed by atoms with Gasteiger partial charge in [0, 0.05) is 7.11 Å². The summed E-state index contributed by atoms with van der Waals surface area (Å²) < 4.78 is 9.64. The highest BCUT2D eigenvalue weighted by molar-refractivity contribution is 5.79. The molecule has 0 radical (unpaired) electrons. The van der Waals surface area contributed by atoms with Crippen LogP contribution in [0.1, 0.15) is 27.2 Å². The van der Waals surface area contributed by atoms with Gasteiger partial charge in [0.2, 0.25) is 5.60 Å². The number of carbonyl (C=O) groups excluding carboxylic acids is 1. The van der Waals surface area contributed by atoms with Gasteiger partial charge in [-0.2, -0.15) is 0 Å². The molecular formula is C10H21NO4. The summed E-state index contributed by atoms with van der Waals surface area (Å²) >= 11 is 0. The molecule has 0 aliphatic heterocycles. The molecular weight excluding hydrogens is 198 g/mol. The predicted octanol–water partition coefficient (Wildman–Crippen LogP) is 0.871. The Morgan fingerprint density at radius 1 is 1.27 bits per heavy atom. The summed E-state index contributed by atoms with van der Waals surface area (Å²) in [7, 11) is 2.79. The van der Waals surface area contributed by atoms with Gasteiger partial charge in [0.25, 0.3) is 0 Å². The highest BCUT2D eigenvalue weighted by atomic mass is 16.7. The minimum Gasteiger partial charge on any atom is -0.467 e. The quantitative estimate of drug-likeness (QED) is 0.549. The molecule has 0 bridgehead atoms. The van der Waals surface area contributed by atoms with Crippen LogP contribution >= 0.6 is 0 Å². The van der Waals surface area contributed by atoms with Gasteiger partial charge < -0.3 is 9.47 Å². The highest BCUT2D eigenvalue weighted by Gasteiger charge is 2.44. The van der Waals surface area contributed by atoms with Gasteiger partial charge in [0.1, 0.15) is 0 Å². The molecule has 0 rings (SSSR count). The Bertz CT molecular complexity index is 212. The Kier molecular flexibility index (Phi) is 5.20. The van der Waals surface area contributed by atoms with Crippen molar-refractivity contribution in [2.24, 2.45) is 11.3 Å². The Hall–Kier alpha value is -0.650. The largest absolute Gasteiger partial charge is 0.467 e. The molecule has 0 saturated heterocycles. The lowest BCUT2D eigenvalue weighted by Crippen LogP contribution is -2.50. The maximum Gasteiger partial charge on any atom is 0.342 e. The van der Waals surface area contributed by atoms with Crippen molar-refractivity contribution in [1.82, 2.24) is 0 Å². The Morgan fingerprint density at radius 3 is 2.07 bits per heavy atom. The molecule has 0 aromatic heterocycles. The summed E-state index contributed by atoms with van der Waals surface area (Å²) in [5, 5.41) is 0. The molecule has 0 aromatic carbocycles. The van der Waals surface area contributed by atoms with Gasteiger partial charge in [0.05, 0.1) is 13.7 Å². The van der Waals surface area contributed by atoms with Crippen molar-refractivity contribution < 1.29 is 19.1 Å². The van der Waals surface area contributed by atoms with Gasteiger partial charge >= 0.3 is 5.97 Å². The van der Waals surface area contributed by atoms with E-state index in [2.05, 4.69) is 4.74 Å².